The van der Waals surface area contributed by atoms with Crippen LogP contribution < -0.4 is 5.73 Å². The molecule has 1 heterocycles. The van der Waals surface area contributed by atoms with Crippen LogP contribution in [-0.2, 0) is 4.79 Å². The first-order valence-corrected chi connectivity index (χ1v) is 5.89. The van der Waals surface area contributed by atoms with Crippen LogP contribution in [0.5, 0.6) is 0 Å². The molecular formula is C13H11ClF2N2O. The summed E-state index contributed by atoms with van der Waals surface area (Å²) in [6.07, 6.45) is 0.966. The maximum absolute atomic E-state index is 14.0. The normalized spacial score (nSPS) is 22.7. The molecular weight excluding hydrogens is 274 g/mol. The van der Waals surface area contributed by atoms with Crippen molar-refractivity contribution in [3.05, 3.63) is 40.4 Å². The number of benzene rings is 1. The van der Waals surface area contributed by atoms with E-state index in [1.807, 2.05) is 0 Å². The fourth-order valence-corrected chi connectivity index (χ4v) is 2.19. The summed E-state index contributed by atoms with van der Waals surface area (Å²) in [5, 5.41) is 0.188. The third kappa shape index (κ3) is 2.26. The zero-order valence-electron chi connectivity index (χ0n) is 10.1. The number of carbonyl (C=O) groups is 1. The Morgan fingerprint density at radius 1 is 1.47 bits per heavy atom. The molecule has 1 aliphatic heterocycles. The lowest BCUT2D eigenvalue weighted by atomic mass is 9.76. The number of dihydropyridines is 1. The van der Waals surface area contributed by atoms with Gasteiger partial charge in [-0.25, -0.2) is 8.78 Å². The van der Waals surface area contributed by atoms with Crippen LogP contribution >= 0.6 is 11.6 Å². The van der Waals surface area contributed by atoms with Gasteiger partial charge in [-0.05, 0) is 19.1 Å². The monoisotopic (exact) mass is 284 g/mol. The first-order valence-electron chi connectivity index (χ1n) is 5.51. The van der Waals surface area contributed by atoms with Gasteiger partial charge in [0.15, 0.2) is 0 Å². The van der Waals surface area contributed by atoms with Crippen molar-refractivity contribution in [2.75, 3.05) is 6.54 Å². The van der Waals surface area contributed by atoms with Gasteiger partial charge in [-0.1, -0.05) is 17.7 Å². The molecule has 6 heteroatoms. The van der Waals surface area contributed by atoms with E-state index in [9.17, 15) is 13.6 Å². The number of aliphatic imine (C=N–C) groups is 1. The Morgan fingerprint density at radius 2 is 2.16 bits per heavy atom. The summed E-state index contributed by atoms with van der Waals surface area (Å²) in [7, 11) is 0. The Balaban J connectivity index is 2.68. The average Bonchev–Trinajstić information content (AvgIpc) is 2.31. The maximum Gasteiger partial charge on any atom is 0.229 e. The number of nitrogens with two attached hydrogens (primary N) is 1. The van der Waals surface area contributed by atoms with Gasteiger partial charge in [0.25, 0.3) is 0 Å². The lowest BCUT2D eigenvalue weighted by molar-refractivity contribution is -0.123. The molecule has 0 saturated heterocycles. The van der Waals surface area contributed by atoms with E-state index in [2.05, 4.69) is 4.99 Å². The van der Waals surface area contributed by atoms with Crippen molar-refractivity contribution < 1.29 is 13.6 Å². The minimum absolute atomic E-state index is 0.0207. The van der Waals surface area contributed by atoms with E-state index in [-0.39, 0.29) is 22.7 Å². The van der Waals surface area contributed by atoms with Gasteiger partial charge in [0.2, 0.25) is 5.91 Å². The van der Waals surface area contributed by atoms with Gasteiger partial charge >= 0.3 is 0 Å². The van der Waals surface area contributed by atoms with Crippen molar-refractivity contribution >= 4 is 29.3 Å². The lowest BCUT2D eigenvalue weighted by Crippen LogP contribution is -2.40. The third-order valence-electron chi connectivity index (χ3n) is 3.15. The molecule has 1 aromatic carbocycles. The summed E-state index contributed by atoms with van der Waals surface area (Å²) in [5.41, 5.74) is 3.80. The number of primary amides is 1. The molecule has 100 valence electrons. The van der Waals surface area contributed by atoms with E-state index in [0.29, 0.717) is 0 Å². The number of rotatable bonds is 2. The number of hydrogen-bond acceptors (Lipinski definition) is 2. The van der Waals surface area contributed by atoms with Crippen LogP contribution in [0.3, 0.4) is 0 Å². The summed E-state index contributed by atoms with van der Waals surface area (Å²) in [6.45, 7) is 1.42. The van der Waals surface area contributed by atoms with Gasteiger partial charge < -0.3 is 5.73 Å². The Bertz CT molecular complexity index is 613. The fraction of sp³-hybridized carbons (Fsp3) is 0.231. The van der Waals surface area contributed by atoms with Crippen molar-refractivity contribution in [3.8, 4) is 0 Å². The molecule has 0 spiro atoms. The number of hydrogen-bond donors (Lipinski definition) is 1. The van der Waals surface area contributed by atoms with E-state index in [0.717, 1.165) is 12.3 Å². The summed E-state index contributed by atoms with van der Waals surface area (Å²) >= 11 is 5.66. The van der Waals surface area contributed by atoms with E-state index in [1.165, 1.54) is 19.1 Å². The van der Waals surface area contributed by atoms with Crippen LogP contribution in [0.2, 0.25) is 5.02 Å². The molecule has 0 saturated carbocycles. The van der Waals surface area contributed by atoms with E-state index in [1.54, 1.807) is 0 Å². The van der Waals surface area contributed by atoms with Crippen molar-refractivity contribution in [1.82, 2.24) is 0 Å². The second-order valence-electron chi connectivity index (χ2n) is 4.51. The van der Waals surface area contributed by atoms with E-state index >= 15 is 0 Å². The summed E-state index contributed by atoms with van der Waals surface area (Å²) in [5.74, 6) is -2.24. The molecule has 3 nitrogen and oxygen atoms in total. The third-order valence-corrected chi connectivity index (χ3v) is 3.38. The van der Waals surface area contributed by atoms with Crippen molar-refractivity contribution in [2.24, 2.45) is 16.1 Å². The molecule has 0 aromatic heterocycles. The van der Waals surface area contributed by atoms with Gasteiger partial charge in [0, 0.05) is 16.2 Å². The van der Waals surface area contributed by atoms with Gasteiger partial charge in [-0.2, -0.15) is 0 Å². The summed E-state index contributed by atoms with van der Waals surface area (Å²) in [6, 6.07) is 3.81. The zero-order valence-corrected chi connectivity index (χ0v) is 10.8. The molecule has 0 aliphatic carbocycles. The van der Waals surface area contributed by atoms with Gasteiger partial charge in [-0.15, -0.1) is 0 Å². The minimum Gasteiger partial charge on any atom is -0.369 e. The van der Waals surface area contributed by atoms with Crippen LogP contribution in [0.15, 0.2) is 29.0 Å². The van der Waals surface area contributed by atoms with Crippen molar-refractivity contribution in [3.63, 3.8) is 0 Å². The van der Waals surface area contributed by atoms with E-state index < -0.39 is 23.0 Å². The minimum atomic E-state index is -1.38. The quantitative estimate of drug-likeness (QED) is 0.892. The van der Waals surface area contributed by atoms with Crippen molar-refractivity contribution in [2.45, 2.75) is 6.92 Å². The maximum atomic E-state index is 14.0. The van der Waals surface area contributed by atoms with Crippen LogP contribution in [0, 0.1) is 11.2 Å². The van der Waals surface area contributed by atoms with Gasteiger partial charge in [0.05, 0.1) is 18.2 Å². The predicted molar refractivity (Wildman–Crippen MR) is 70.1 cm³/mol. The molecule has 0 radical (unpaired) electrons. The zero-order chi connectivity index (χ0) is 14.2. The van der Waals surface area contributed by atoms with E-state index in [4.69, 9.17) is 17.3 Å². The topological polar surface area (TPSA) is 55.5 Å². The molecule has 1 atom stereocenters. The summed E-state index contributed by atoms with van der Waals surface area (Å²) in [4.78, 5) is 15.3. The van der Waals surface area contributed by atoms with Crippen LogP contribution in [0.4, 0.5) is 8.78 Å². The molecule has 19 heavy (non-hydrogen) atoms. The largest absolute Gasteiger partial charge is 0.369 e. The highest BCUT2D eigenvalue weighted by molar-refractivity contribution is 6.30. The Morgan fingerprint density at radius 3 is 2.74 bits per heavy atom. The first kappa shape index (κ1) is 13.7. The average molecular weight is 285 g/mol. The van der Waals surface area contributed by atoms with Gasteiger partial charge in [-0.3, -0.25) is 9.79 Å². The van der Waals surface area contributed by atoms with Crippen LogP contribution in [0.25, 0.3) is 5.57 Å². The number of nitrogens with zero attached hydrogens (tertiary/aromatic N) is 1. The highest BCUT2D eigenvalue weighted by Gasteiger charge is 2.41. The van der Waals surface area contributed by atoms with Crippen molar-refractivity contribution in [1.29, 1.82) is 0 Å². The number of allylic oxidation sites excluding steroid dienone is 1. The smallest absolute Gasteiger partial charge is 0.229 e. The van der Waals surface area contributed by atoms with Crippen LogP contribution in [-0.4, -0.2) is 18.7 Å². The second-order valence-corrected chi connectivity index (χ2v) is 4.95. The molecule has 1 aromatic rings. The fourth-order valence-electron chi connectivity index (χ4n) is 2.03. The number of amides is 1. The molecule has 2 rings (SSSR count). The predicted octanol–water partition coefficient (Wildman–Crippen LogP) is 2.74. The second kappa shape index (κ2) is 4.74. The highest BCUT2D eigenvalue weighted by atomic mass is 35.5. The Kier molecular flexibility index (Phi) is 3.41. The first-order chi connectivity index (χ1) is 8.86. The molecule has 1 unspecified atom stereocenters. The number of halogens is 3. The molecule has 0 fully saturated rings. The molecule has 0 bridgehead atoms. The molecule has 1 aliphatic rings. The standard InChI is InChI=1S/C13H11ClF2N2O/c1-13(12(17)19)6-18-5-10(16)11(13)8-3-2-7(14)4-9(8)15/h2-5H,6H2,1H3,(H2,17,19). The molecule has 1 amide bonds. The Hall–Kier alpha value is -1.75. The lowest BCUT2D eigenvalue weighted by Gasteiger charge is -2.30. The Labute approximate surface area is 113 Å². The van der Waals surface area contributed by atoms with Gasteiger partial charge in [0.1, 0.15) is 11.6 Å². The highest BCUT2D eigenvalue weighted by Crippen LogP contribution is 2.41. The SMILES string of the molecule is CC1(C(N)=O)CN=CC(F)=C1c1ccc(Cl)cc1F. The molecule has 2 N–H and O–H groups in total. The summed E-state index contributed by atoms with van der Waals surface area (Å²) < 4.78 is 27.9. The number of carbonyl (C=O) groups excluding carboxylic acids is 1. The van der Waals surface area contributed by atoms with Crippen LogP contribution in [0.1, 0.15) is 12.5 Å².